The first-order valence-electron chi connectivity index (χ1n) is 6.40. The number of aliphatic carboxylic acids is 1. The summed E-state index contributed by atoms with van der Waals surface area (Å²) < 4.78 is 4.62. The number of likely N-dealkylation sites (tertiary alicyclic amines) is 1. The quantitative estimate of drug-likeness (QED) is 0.836. The Bertz CT molecular complexity index is 592. The van der Waals surface area contributed by atoms with E-state index in [-0.39, 0.29) is 24.8 Å². The molecule has 6 nitrogen and oxygen atoms in total. The first kappa shape index (κ1) is 15.2. The number of carbonyl (C=O) groups excluding carboxylic acids is 2. The average Bonchev–Trinajstić information content (AvgIpc) is 3.06. The number of hydrogen-bond donors (Lipinski definition) is 1. The fourth-order valence-corrected chi connectivity index (χ4v) is 3.01. The van der Waals surface area contributed by atoms with Gasteiger partial charge in [0, 0.05) is 17.8 Å². The lowest BCUT2D eigenvalue weighted by Crippen LogP contribution is -2.38. The number of methoxy groups -OCH3 is 1. The maximum atomic E-state index is 11.6. The summed E-state index contributed by atoms with van der Waals surface area (Å²) in [6.45, 7) is 0.251. The topological polar surface area (TPSA) is 83.9 Å². The van der Waals surface area contributed by atoms with Gasteiger partial charge in [-0.1, -0.05) is 6.08 Å². The van der Waals surface area contributed by atoms with Crippen molar-refractivity contribution in [2.24, 2.45) is 0 Å². The highest BCUT2D eigenvalue weighted by Gasteiger charge is 2.34. The third-order valence-corrected chi connectivity index (χ3v) is 4.24. The fourth-order valence-electron chi connectivity index (χ4n) is 2.15. The second-order valence-corrected chi connectivity index (χ2v) is 5.65. The highest BCUT2D eigenvalue weighted by Crippen LogP contribution is 2.21. The van der Waals surface area contributed by atoms with Crippen LogP contribution in [0.4, 0.5) is 0 Å². The summed E-state index contributed by atoms with van der Waals surface area (Å²) in [5.74, 6) is -1.51. The van der Waals surface area contributed by atoms with Crippen molar-refractivity contribution in [1.29, 1.82) is 0 Å². The zero-order chi connectivity index (χ0) is 15.4. The summed E-state index contributed by atoms with van der Waals surface area (Å²) in [6, 6.07) is 2.70. The molecule has 1 aromatic rings. The number of nitrogens with zero attached hydrogens (tertiary/aromatic N) is 1. The van der Waals surface area contributed by atoms with Gasteiger partial charge in [-0.3, -0.25) is 4.79 Å². The molecule has 1 saturated heterocycles. The number of carbonyl (C=O) groups is 3. The van der Waals surface area contributed by atoms with E-state index >= 15 is 0 Å². The van der Waals surface area contributed by atoms with Crippen LogP contribution in [0.1, 0.15) is 27.4 Å². The van der Waals surface area contributed by atoms with Gasteiger partial charge in [0.25, 0.3) is 0 Å². The first-order chi connectivity index (χ1) is 10.0. The predicted octanol–water partition coefficient (Wildman–Crippen LogP) is 1.62. The average molecular weight is 309 g/mol. The second kappa shape index (κ2) is 6.53. The zero-order valence-corrected chi connectivity index (χ0v) is 12.3. The molecular formula is C14H15NO5S. The molecule has 112 valence electrons. The van der Waals surface area contributed by atoms with Crippen LogP contribution in [0.2, 0.25) is 0 Å². The lowest BCUT2D eigenvalue weighted by Gasteiger charge is -2.19. The van der Waals surface area contributed by atoms with E-state index in [0.29, 0.717) is 11.3 Å². The van der Waals surface area contributed by atoms with E-state index in [9.17, 15) is 14.4 Å². The van der Waals surface area contributed by atoms with Crippen LogP contribution in [0.25, 0.3) is 6.08 Å². The highest BCUT2D eigenvalue weighted by molar-refractivity contribution is 7.14. The molecule has 0 saturated carbocycles. The summed E-state index contributed by atoms with van der Waals surface area (Å²) in [5.41, 5.74) is 0. The molecule has 0 aliphatic carbocycles. The lowest BCUT2D eigenvalue weighted by atomic mass is 10.2. The summed E-state index contributed by atoms with van der Waals surface area (Å²) in [4.78, 5) is 36.7. The van der Waals surface area contributed by atoms with Gasteiger partial charge in [-0.15, -0.1) is 11.3 Å². The van der Waals surface area contributed by atoms with Crippen molar-refractivity contribution < 1.29 is 24.2 Å². The SMILES string of the molecule is COC(=O)c1ccc(/C=C/CN2C(=O)CCC2C(=O)O)s1. The molecule has 1 aliphatic heterocycles. The Kier molecular flexibility index (Phi) is 4.74. The van der Waals surface area contributed by atoms with Crippen LogP contribution in [0.3, 0.4) is 0 Å². The van der Waals surface area contributed by atoms with Crippen LogP contribution < -0.4 is 0 Å². The minimum absolute atomic E-state index is 0.145. The Labute approximate surface area is 125 Å². The zero-order valence-electron chi connectivity index (χ0n) is 11.4. The standard InChI is InChI=1S/C14H15NO5S/c1-20-14(19)11-6-4-9(21-11)3-2-8-15-10(13(17)18)5-7-12(15)16/h2-4,6,10H,5,7-8H2,1H3,(H,17,18)/b3-2+. The minimum Gasteiger partial charge on any atom is -0.480 e. The monoisotopic (exact) mass is 309 g/mol. The van der Waals surface area contributed by atoms with Crippen molar-refractivity contribution in [1.82, 2.24) is 4.90 Å². The Morgan fingerprint density at radius 1 is 1.52 bits per heavy atom. The molecule has 0 radical (unpaired) electrons. The molecule has 1 aromatic heterocycles. The molecule has 1 atom stereocenters. The van der Waals surface area contributed by atoms with Gasteiger partial charge in [0.1, 0.15) is 10.9 Å². The number of thiophene rings is 1. The molecule has 0 aromatic carbocycles. The molecule has 7 heteroatoms. The smallest absolute Gasteiger partial charge is 0.348 e. The maximum Gasteiger partial charge on any atom is 0.348 e. The molecule has 0 spiro atoms. The normalized spacial score (nSPS) is 18.4. The van der Waals surface area contributed by atoms with Crippen LogP contribution in [0.15, 0.2) is 18.2 Å². The van der Waals surface area contributed by atoms with E-state index in [4.69, 9.17) is 5.11 Å². The molecule has 1 amide bonds. The van der Waals surface area contributed by atoms with Gasteiger partial charge in [-0.25, -0.2) is 9.59 Å². The van der Waals surface area contributed by atoms with Gasteiger partial charge in [-0.2, -0.15) is 0 Å². The van der Waals surface area contributed by atoms with Crippen LogP contribution in [0, 0.1) is 0 Å². The number of carboxylic acids is 1. The molecule has 1 unspecified atom stereocenters. The van der Waals surface area contributed by atoms with Crippen LogP contribution >= 0.6 is 11.3 Å². The van der Waals surface area contributed by atoms with Gasteiger partial charge in [0.2, 0.25) is 5.91 Å². The van der Waals surface area contributed by atoms with Gasteiger partial charge in [0.05, 0.1) is 7.11 Å². The van der Waals surface area contributed by atoms with Crippen LogP contribution in [0.5, 0.6) is 0 Å². The molecule has 1 fully saturated rings. The molecular weight excluding hydrogens is 294 g/mol. The summed E-state index contributed by atoms with van der Waals surface area (Å²) in [6.07, 6.45) is 4.12. The van der Waals surface area contributed by atoms with E-state index in [0.717, 1.165) is 4.88 Å². The third-order valence-electron chi connectivity index (χ3n) is 3.21. The Hall–Kier alpha value is -2.15. The third kappa shape index (κ3) is 3.49. The molecule has 2 heterocycles. The van der Waals surface area contributed by atoms with Crippen molar-refractivity contribution in [3.63, 3.8) is 0 Å². The second-order valence-electron chi connectivity index (χ2n) is 4.53. The van der Waals surface area contributed by atoms with Gasteiger partial charge < -0.3 is 14.7 Å². The summed E-state index contributed by atoms with van der Waals surface area (Å²) >= 11 is 1.27. The minimum atomic E-state index is -0.974. The van der Waals surface area contributed by atoms with E-state index in [1.807, 2.05) is 0 Å². The Balaban J connectivity index is 1.98. The van der Waals surface area contributed by atoms with E-state index in [1.165, 1.54) is 23.3 Å². The number of esters is 1. The van der Waals surface area contributed by atoms with Crippen molar-refractivity contribution in [2.75, 3.05) is 13.7 Å². The Morgan fingerprint density at radius 2 is 2.29 bits per heavy atom. The summed E-state index contributed by atoms with van der Waals surface area (Å²) in [5, 5.41) is 9.04. The van der Waals surface area contributed by atoms with Gasteiger partial charge in [0.15, 0.2) is 0 Å². The van der Waals surface area contributed by atoms with E-state index in [1.54, 1.807) is 24.3 Å². The molecule has 21 heavy (non-hydrogen) atoms. The molecule has 1 N–H and O–H groups in total. The van der Waals surface area contributed by atoms with Gasteiger partial charge >= 0.3 is 11.9 Å². The number of amides is 1. The number of hydrogen-bond acceptors (Lipinski definition) is 5. The summed E-state index contributed by atoms with van der Waals surface area (Å²) in [7, 11) is 1.32. The molecule has 0 bridgehead atoms. The molecule has 2 rings (SSSR count). The van der Waals surface area contributed by atoms with Crippen LogP contribution in [-0.2, 0) is 14.3 Å². The maximum absolute atomic E-state index is 11.6. The van der Waals surface area contributed by atoms with Crippen molar-refractivity contribution in [3.05, 3.63) is 28.0 Å². The lowest BCUT2D eigenvalue weighted by molar-refractivity contribution is -0.145. The number of ether oxygens (including phenoxy) is 1. The number of carboxylic acid groups (broad SMARTS) is 1. The molecule has 1 aliphatic rings. The number of rotatable bonds is 5. The predicted molar refractivity (Wildman–Crippen MR) is 77.1 cm³/mol. The van der Waals surface area contributed by atoms with Crippen molar-refractivity contribution >= 4 is 35.3 Å². The van der Waals surface area contributed by atoms with E-state index < -0.39 is 12.0 Å². The van der Waals surface area contributed by atoms with Crippen molar-refractivity contribution in [3.8, 4) is 0 Å². The fraction of sp³-hybridized carbons (Fsp3) is 0.357. The highest BCUT2D eigenvalue weighted by atomic mass is 32.1. The largest absolute Gasteiger partial charge is 0.480 e. The van der Waals surface area contributed by atoms with Crippen LogP contribution in [-0.4, -0.2) is 47.5 Å². The van der Waals surface area contributed by atoms with Crippen molar-refractivity contribution in [2.45, 2.75) is 18.9 Å². The Morgan fingerprint density at radius 3 is 2.95 bits per heavy atom. The first-order valence-corrected chi connectivity index (χ1v) is 7.21. The van der Waals surface area contributed by atoms with E-state index in [2.05, 4.69) is 4.74 Å². The van der Waals surface area contributed by atoms with Gasteiger partial charge in [-0.05, 0) is 24.6 Å².